The first-order chi connectivity index (χ1) is 13.1. The first kappa shape index (κ1) is 19.7. The average molecular weight is 373 g/mol. The van der Waals surface area contributed by atoms with E-state index in [1.165, 1.54) is 25.9 Å². The van der Waals surface area contributed by atoms with Crippen LogP contribution in [0, 0.1) is 5.92 Å². The van der Waals surface area contributed by atoms with Gasteiger partial charge in [-0.1, -0.05) is 18.2 Å². The Labute approximate surface area is 162 Å². The van der Waals surface area contributed by atoms with E-state index in [1.807, 2.05) is 35.2 Å². The Hall–Kier alpha value is -2.08. The summed E-state index contributed by atoms with van der Waals surface area (Å²) in [5, 5.41) is 6.16. The topological polar surface area (TPSA) is 64.7 Å². The molecule has 6 nitrogen and oxygen atoms in total. The maximum absolute atomic E-state index is 12.4. The molecular weight excluding hydrogens is 340 g/mol. The van der Waals surface area contributed by atoms with Crippen molar-refractivity contribution in [1.29, 1.82) is 0 Å². The third kappa shape index (κ3) is 5.96. The van der Waals surface area contributed by atoms with Crippen LogP contribution in [0.3, 0.4) is 0 Å². The van der Waals surface area contributed by atoms with E-state index in [-0.39, 0.29) is 18.0 Å². The molecule has 1 aromatic rings. The summed E-state index contributed by atoms with van der Waals surface area (Å²) >= 11 is 0. The number of piperidine rings is 2. The minimum absolute atomic E-state index is 0.0309. The summed E-state index contributed by atoms with van der Waals surface area (Å²) in [5.74, 6) is 0.706. The van der Waals surface area contributed by atoms with Gasteiger partial charge in [0.1, 0.15) is 0 Å². The Morgan fingerprint density at radius 2 is 1.67 bits per heavy atom. The predicted molar refractivity (Wildman–Crippen MR) is 107 cm³/mol. The molecule has 2 fully saturated rings. The maximum atomic E-state index is 12.4. The van der Waals surface area contributed by atoms with Gasteiger partial charge in [-0.25, -0.2) is 4.79 Å². The van der Waals surface area contributed by atoms with Gasteiger partial charge in [-0.15, -0.1) is 0 Å². The second-order valence-corrected chi connectivity index (χ2v) is 7.87. The van der Waals surface area contributed by atoms with E-state index in [1.54, 1.807) is 0 Å². The van der Waals surface area contributed by atoms with Crippen molar-refractivity contribution >= 4 is 11.9 Å². The summed E-state index contributed by atoms with van der Waals surface area (Å²) in [4.78, 5) is 28.8. The number of amides is 3. The lowest BCUT2D eigenvalue weighted by Gasteiger charge is -2.33. The van der Waals surface area contributed by atoms with Crippen molar-refractivity contribution in [3.05, 3.63) is 35.9 Å². The summed E-state index contributed by atoms with van der Waals surface area (Å²) in [7, 11) is 2.17. The fourth-order valence-corrected chi connectivity index (χ4v) is 3.93. The molecule has 148 valence electrons. The molecule has 0 aromatic heterocycles. The highest BCUT2D eigenvalue weighted by molar-refractivity contribution is 5.94. The van der Waals surface area contributed by atoms with Crippen LogP contribution >= 0.6 is 0 Å². The molecule has 0 saturated carbocycles. The van der Waals surface area contributed by atoms with Gasteiger partial charge in [-0.05, 0) is 70.3 Å². The summed E-state index contributed by atoms with van der Waals surface area (Å²) in [6, 6.07) is 9.46. The molecular formula is C21H32N4O2. The lowest BCUT2D eigenvalue weighted by atomic mass is 9.94. The second kappa shape index (κ2) is 9.74. The molecule has 0 aliphatic carbocycles. The lowest BCUT2D eigenvalue weighted by molar-refractivity contribution is 0.0918. The number of carbonyl (C=O) groups excluding carboxylic acids is 2. The summed E-state index contributed by atoms with van der Waals surface area (Å²) in [6.07, 6.45) is 5.16. The quantitative estimate of drug-likeness (QED) is 0.834. The van der Waals surface area contributed by atoms with Crippen molar-refractivity contribution in [3.63, 3.8) is 0 Å². The van der Waals surface area contributed by atoms with Gasteiger partial charge in [0.2, 0.25) is 0 Å². The van der Waals surface area contributed by atoms with Crippen molar-refractivity contribution in [2.45, 2.75) is 38.1 Å². The van der Waals surface area contributed by atoms with Crippen LogP contribution in [0.1, 0.15) is 42.5 Å². The largest absolute Gasteiger partial charge is 0.349 e. The van der Waals surface area contributed by atoms with Crippen molar-refractivity contribution in [2.75, 3.05) is 39.8 Å². The first-order valence-electron chi connectivity index (χ1n) is 10.2. The third-order valence-corrected chi connectivity index (χ3v) is 5.82. The molecule has 0 atom stereocenters. The zero-order valence-corrected chi connectivity index (χ0v) is 16.3. The SMILES string of the molecule is CN1CCC(CCNC(=O)N2CCC(NC(=O)c3ccccc3)CC2)CC1. The average Bonchev–Trinajstić information content (AvgIpc) is 2.70. The third-order valence-electron chi connectivity index (χ3n) is 5.82. The zero-order chi connectivity index (χ0) is 19.1. The van der Waals surface area contributed by atoms with Crippen LogP contribution in [-0.4, -0.2) is 67.6 Å². The molecule has 0 spiro atoms. The predicted octanol–water partition coefficient (Wildman–Crippen LogP) is 2.32. The molecule has 2 saturated heterocycles. The molecule has 2 aliphatic heterocycles. The Balaban J connectivity index is 1.32. The normalized spacial score (nSPS) is 19.7. The van der Waals surface area contributed by atoms with E-state index in [0.717, 1.165) is 31.7 Å². The van der Waals surface area contributed by atoms with Crippen LogP contribution in [-0.2, 0) is 0 Å². The van der Waals surface area contributed by atoms with Gasteiger partial charge in [0.05, 0.1) is 0 Å². The van der Waals surface area contributed by atoms with Gasteiger partial charge < -0.3 is 20.4 Å². The van der Waals surface area contributed by atoms with E-state index >= 15 is 0 Å². The van der Waals surface area contributed by atoms with Crippen molar-refractivity contribution in [3.8, 4) is 0 Å². The number of hydrogen-bond acceptors (Lipinski definition) is 3. The molecule has 0 bridgehead atoms. The molecule has 3 rings (SSSR count). The molecule has 2 aliphatic rings. The number of rotatable bonds is 5. The van der Waals surface area contributed by atoms with Gasteiger partial charge in [0.15, 0.2) is 0 Å². The molecule has 3 amide bonds. The number of carbonyl (C=O) groups is 2. The van der Waals surface area contributed by atoms with Gasteiger partial charge in [-0.3, -0.25) is 4.79 Å². The van der Waals surface area contributed by atoms with E-state index in [2.05, 4.69) is 22.6 Å². The molecule has 6 heteroatoms. The summed E-state index contributed by atoms with van der Waals surface area (Å²) in [6.45, 7) is 4.49. The number of nitrogens with zero attached hydrogens (tertiary/aromatic N) is 2. The monoisotopic (exact) mass is 372 g/mol. The van der Waals surface area contributed by atoms with Crippen molar-refractivity contribution in [2.24, 2.45) is 5.92 Å². The lowest BCUT2D eigenvalue weighted by Crippen LogP contribution is -2.49. The molecule has 1 aromatic carbocycles. The van der Waals surface area contributed by atoms with Crippen LogP contribution < -0.4 is 10.6 Å². The van der Waals surface area contributed by atoms with Gasteiger partial charge in [0, 0.05) is 31.2 Å². The molecule has 2 N–H and O–H groups in total. The van der Waals surface area contributed by atoms with Gasteiger partial charge in [0.25, 0.3) is 5.91 Å². The Morgan fingerprint density at radius 1 is 1.00 bits per heavy atom. The van der Waals surface area contributed by atoms with Gasteiger partial charge >= 0.3 is 6.03 Å². The van der Waals surface area contributed by atoms with Crippen molar-refractivity contribution < 1.29 is 9.59 Å². The van der Waals surface area contributed by atoms with Crippen LogP contribution in [0.15, 0.2) is 30.3 Å². The minimum Gasteiger partial charge on any atom is -0.349 e. The first-order valence-corrected chi connectivity index (χ1v) is 10.2. The summed E-state index contributed by atoms with van der Waals surface area (Å²) < 4.78 is 0. The van der Waals surface area contributed by atoms with E-state index in [0.29, 0.717) is 18.7 Å². The maximum Gasteiger partial charge on any atom is 0.317 e. The smallest absolute Gasteiger partial charge is 0.317 e. The Kier molecular flexibility index (Phi) is 7.10. The summed E-state index contributed by atoms with van der Waals surface area (Å²) in [5.41, 5.74) is 0.687. The number of likely N-dealkylation sites (tertiary alicyclic amines) is 2. The number of benzene rings is 1. The molecule has 0 unspecified atom stereocenters. The molecule has 0 radical (unpaired) electrons. The van der Waals surface area contributed by atoms with E-state index < -0.39 is 0 Å². The fourth-order valence-electron chi connectivity index (χ4n) is 3.93. The second-order valence-electron chi connectivity index (χ2n) is 7.87. The number of hydrogen-bond donors (Lipinski definition) is 2. The number of urea groups is 1. The highest BCUT2D eigenvalue weighted by Crippen LogP contribution is 2.19. The van der Waals surface area contributed by atoms with E-state index in [4.69, 9.17) is 0 Å². The number of nitrogens with one attached hydrogen (secondary N) is 2. The van der Waals surface area contributed by atoms with Gasteiger partial charge in [-0.2, -0.15) is 0 Å². The fraction of sp³-hybridized carbons (Fsp3) is 0.619. The van der Waals surface area contributed by atoms with E-state index in [9.17, 15) is 9.59 Å². The standard InChI is InChI=1S/C21H32N4O2/c1-24-13-8-17(9-14-24)7-12-22-21(27)25-15-10-19(11-16-25)23-20(26)18-5-3-2-4-6-18/h2-6,17,19H,7-16H2,1H3,(H,22,27)(H,23,26). The molecule has 27 heavy (non-hydrogen) atoms. The zero-order valence-electron chi connectivity index (χ0n) is 16.3. The van der Waals surface area contributed by atoms with Crippen LogP contribution in [0.4, 0.5) is 4.79 Å². The van der Waals surface area contributed by atoms with Crippen LogP contribution in [0.25, 0.3) is 0 Å². The highest BCUT2D eigenvalue weighted by atomic mass is 16.2. The van der Waals surface area contributed by atoms with Crippen LogP contribution in [0.5, 0.6) is 0 Å². The minimum atomic E-state index is -0.0309. The van der Waals surface area contributed by atoms with Crippen molar-refractivity contribution in [1.82, 2.24) is 20.4 Å². The van der Waals surface area contributed by atoms with Crippen LogP contribution in [0.2, 0.25) is 0 Å². The Bertz CT molecular complexity index is 606. The highest BCUT2D eigenvalue weighted by Gasteiger charge is 2.24. The molecule has 2 heterocycles. The Morgan fingerprint density at radius 3 is 2.33 bits per heavy atom.